The van der Waals surface area contributed by atoms with Crippen molar-refractivity contribution in [2.24, 2.45) is 5.92 Å². The number of ether oxygens (including phenoxy) is 1. The number of carboxylic acids is 1. The van der Waals surface area contributed by atoms with Crippen LogP contribution in [0.1, 0.15) is 56.4 Å². The molecule has 1 aliphatic carbocycles. The van der Waals surface area contributed by atoms with Gasteiger partial charge in [0.25, 0.3) is 5.91 Å². The molecule has 8 nitrogen and oxygen atoms in total. The number of morpholine rings is 1. The standard InChI is InChI=1S/C32H33Cl2FN2O6S/c1-19(2)27(18-36(44(41,42)24-14-15-24)26-9-4-3-8-25(26)35)37-30(20-10-12-22(33)13-11-20)31(21-6-5-7-23(34)16-21)43-28(32(37)40)17-29(38)39/h3-13,16,19,24,27-28,30-31H,14-15,17-18H2,1-2H3,(H,38,39)/t27?,28-,30-,31-/m1/s1. The van der Waals surface area contributed by atoms with Gasteiger partial charge in [0, 0.05) is 10.0 Å². The number of amides is 1. The van der Waals surface area contributed by atoms with Crippen LogP contribution in [0.15, 0.2) is 72.8 Å². The number of rotatable bonds is 11. The third-order valence-corrected chi connectivity index (χ3v) is 10.8. The molecule has 3 aromatic rings. The van der Waals surface area contributed by atoms with E-state index in [1.54, 1.807) is 54.6 Å². The van der Waals surface area contributed by atoms with Crippen molar-refractivity contribution in [1.82, 2.24) is 4.90 Å². The number of anilines is 1. The third kappa shape index (κ3) is 6.73. The van der Waals surface area contributed by atoms with Crippen molar-refractivity contribution in [1.29, 1.82) is 0 Å². The maximum absolute atomic E-state index is 15.2. The van der Waals surface area contributed by atoms with Crippen molar-refractivity contribution in [2.45, 2.75) is 62.7 Å². The van der Waals surface area contributed by atoms with Crippen molar-refractivity contribution in [2.75, 3.05) is 10.8 Å². The van der Waals surface area contributed by atoms with E-state index in [0.717, 1.165) is 4.31 Å². The van der Waals surface area contributed by atoms with Gasteiger partial charge in [0.05, 0.1) is 36.0 Å². The quantitative estimate of drug-likeness (QED) is 0.247. The topological polar surface area (TPSA) is 104 Å². The van der Waals surface area contributed by atoms with Crippen LogP contribution in [0.4, 0.5) is 10.1 Å². The van der Waals surface area contributed by atoms with E-state index in [9.17, 15) is 23.1 Å². The number of hydrogen-bond acceptors (Lipinski definition) is 5. The minimum atomic E-state index is -3.98. The lowest BCUT2D eigenvalue weighted by Crippen LogP contribution is -2.59. The summed E-state index contributed by atoms with van der Waals surface area (Å²) < 4.78 is 50.2. The lowest BCUT2D eigenvalue weighted by Gasteiger charge is -2.50. The van der Waals surface area contributed by atoms with Crippen LogP contribution in [0.25, 0.3) is 0 Å². The fourth-order valence-corrected chi connectivity index (χ4v) is 7.89. The Balaban J connectivity index is 1.69. The highest BCUT2D eigenvalue weighted by Crippen LogP contribution is 2.46. The van der Waals surface area contributed by atoms with Crippen LogP contribution in [0, 0.1) is 11.7 Å². The zero-order valence-electron chi connectivity index (χ0n) is 24.1. The predicted octanol–water partition coefficient (Wildman–Crippen LogP) is 6.64. The van der Waals surface area contributed by atoms with Gasteiger partial charge in [0.1, 0.15) is 18.0 Å². The SMILES string of the molecule is CC(C)C(CN(c1ccccc1F)S(=O)(=O)C1CC1)N1C(=O)[C@@H](CC(=O)O)O[C@H](c2cccc(Cl)c2)[C@H]1c1ccc(Cl)cc1. The van der Waals surface area contributed by atoms with Crippen molar-refractivity contribution < 1.29 is 32.2 Å². The highest BCUT2D eigenvalue weighted by Gasteiger charge is 2.50. The number of carbonyl (C=O) groups is 2. The van der Waals surface area contributed by atoms with Crippen LogP contribution in [0.2, 0.25) is 10.0 Å². The molecule has 1 unspecified atom stereocenters. The molecule has 0 aromatic heterocycles. The Labute approximate surface area is 266 Å². The van der Waals surface area contributed by atoms with Crippen LogP contribution in [-0.2, 0) is 24.3 Å². The molecule has 3 aromatic carbocycles. The Morgan fingerprint density at radius 2 is 1.70 bits per heavy atom. The molecule has 0 spiro atoms. The highest BCUT2D eigenvalue weighted by molar-refractivity contribution is 7.93. The predicted molar refractivity (Wildman–Crippen MR) is 167 cm³/mol. The van der Waals surface area contributed by atoms with E-state index in [1.165, 1.54) is 23.1 Å². The molecule has 1 heterocycles. The molecule has 0 radical (unpaired) electrons. The molecule has 1 saturated carbocycles. The zero-order chi connectivity index (χ0) is 31.8. The number of hydrogen-bond donors (Lipinski definition) is 1. The Hall–Kier alpha value is -3.18. The summed E-state index contributed by atoms with van der Waals surface area (Å²) in [7, 11) is -3.98. The molecule has 1 aliphatic heterocycles. The van der Waals surface area contributed by atoms with E-state index in [0.29, 0.717) is 34.0 Å². The molecule has 1 saturated heterocycles. The number of carbonyl (C=O) groups excluding carboxylic acids is 1. The van der Waals surface area contributed by atoms with Crippen LogP contribution >= 0.6 is 23.2 Å². The second-order valence-electron chi connectivity index (χ2n) is 11.5. The van der Waals surface area contributed by atoms with E-state index < -0.39 is 63.7 Å². The normalized spacial score (nSPS) is 21.4. The van der Waals surface area contributed by atoms with Crippen LogP contribution in [0.3, 0.4) is 0 Å². The number of carboxylic acid groups (broad SMARTS) is 1. The van der Waals surface area contributed by atoms with E-state index in [-0.39, 0.29) is 18.2 Å². The maximum atomic E-state index is 15.2. The number of benzene rings is 3. The molecule has 5 rings (SSSR count). The number of para-hydroxylation sites is 1. The first-order chi connectivity index (χ1) is 20.9. The van der Waals surface area contributed by atoms with Crippen molar-refractivity contribution in [3.05, 3.63) is 99.8 Å². The summed E-state index contributed by atoms with van der Waals surface area (Å²) in [6.07, 6.45) is -1.94. The van der Waals surface area contributed by atoms with Gasteiger partial charge in [-0.2, -0.15) is 0 Å². The molecule has 2 fully saturated rings. The molecule has 1 amide bonds. The number of nitrogens with zero attached hydrogens (tertiary/aromatic N) is 2. The van der Waals surface area contributed by atoms with Crippen LogP contribution < -0.4 is 4.31 Å². The average molecular weight is 664 g/mol. The molecule has 12 heteroatoms. The zero-order valence-corrected chi connectivity index (χ0v) is 26.5. The van der Waals surface area contributed by atoms with Crippen molar-refractivity contribution in [3.8, 4) is 0 Å². The third-order valence-electron chi connectivity index (χ3n) is 8.03. The van der Waals surface area contributed by atoms with Gasteiger partial charge in [-0.15, -0.1) is 0 Å². The van der Waals surface area contributed by atoms with E-state index in [1.807, 2.05) is 13.8 Å². The molecule has 2 aliphatic rings. The number of sulfonamides is 1. The average Bonchev–Trinajstić information content (AvgIpc) is 3.82. The summed E-state index contributed by atoms with van der Waals surface area (Å²) in [6.45, 7) is 3.43. The van der Waals surface area contributed by atoms with E-state index >= 15 is 4.39 Å². The minimum Gasteiger partial charge on any atom is -0.481 e. The van der Waals surface area contributed by atoms with Gasteiger partial charge in [0.15, 0.2) is 0 Å². The second kappa shape index (κ2) is 13.0. The first-order valence-electron chi connectivity index (χ1n) is 14.3. The lowest BCUT2D eigenvalue weighted by atomic mass is 9.88. The first kappa shape index (κ1) is 32.2. The molecule has 4 atom stereocenters. The van der Waals surface area contributed by atoms with E-state index in [4.69, 9.17) is 27.9 Å². The largest absolute Gasteiger partial charge is 0.481 e. The lowest BCUT2D eigenvalue weighted by molar-refractivity contribution is -0.184. The van der Waals surface area contributed by atoms with Crippen LogP contribution in [-0.4, -0.2) is 54.2 Å². The summed E-state index contributed by atoms with van der Waals surface area (Å²) in [4.78, 5) is 27.8. The highest BCUT2D eigenvalue weighted by atomic mass is 35.5. The van der Waals surface area contributed by atoms with Crippen molar-refractivity contribution in [3.63, 3.8) is 0 Å². The smallest absolute Gasteiger partial charge is 0.306 e. The maximum Gasteiger partial charge on any atom is 0.306 e. The molecule has 44 heavy (non-hydrogen) atoms. The van der Waals surface area contributed by atoms with Crippen molar-refractivity contribution >= 4 is 50.8 Å². The summed E-state index contributed by atoms with van der Waals surface area (Å²) in [5, 5.41) is 9.95. The Morgan fingerprint density at radius 1 is 1.02 bits per heavy atom. The molecular formula is C32H33Cl2FN2O6S. The van der Waals surface area contributed by atoms with Gasteiger partial charge in [-0.1, -0.05) is 73.4 Å². The molecule has 234 valence electrons. The van der Waals surface area contributed by atoms with Gasteiger partial charge in [-0.05, 0) is 66.3 Å². The first-order valence-corrected chi connectivity index (χ1v) is 16.6. The number of aliphatic carboxylic acids is 1. The summed E-state index contributed by atoms with van der Waals surface area (Å²) in [5.74, 6) is -2.89. The van der Waals surface area contributed by atoms with Crippen LogP contribution in [0.5, 0.6) is 0 Å². The molecule has 0 bridgehead atoms. The Kier molecular flexibility index (Phi) is 9.55. The van der Waals surface area contributed by atoms with Gasteiger partial charge in [0.2, 0.25) is 10.0 Å². The summed E-state index contributed by atoms with van der Waals surface area (Å²) >= 11 is 12.6. The monoisotopic (exact) mass is 662 g/mol. The van der Waals surface area contributed by atoms with Gasteiger partial charge >= 0.3 is 5.97 Å². The summed E-state index contributed by atoms with van der Waals surface area (Å²) in [5.41, 5.74) is 1.13. The van der Waals surface area contributed by atoms with Gasteiger partial charge < -0.3 is 14.7 Å². The number of halogens is 3. The fraction of sp³-hybridized carbons (Fsp3) is 0.375. The molecule has 1 N–H and O–H groups in total. The Morgan fingerprint density at radius 3 is 2.30 bits per heavy atom. The van der Waals surface area contributed by atoms with Gasteiger partial charge in [-0.25, -0.2) is 12.8 Å². The minimum absolute atomic E-state index is 0.109. The van der Waals surface area contributed by atoms with Gasteiger partial charge in [-0.3, -0.25) is 13.9 Å². The van der Waals surface area contributed by atoms with E-state index in [2.05, 4.69) is 0 Å². The Bertz CT molecular complexity index is 1630. The molecular weight excluding hydrogens is 630 g/mol. The summed E-state index contributed by atoms with van der Waals surface area (Å²) in [6, 6.07) is 17.7. The fourth-order valence-electron chi connectivity index (χ4n) is 5.69. The second-order valence-corrected chi connectivity index (χ2v) is 14.5.